The molecule has 0 bridgehead atoms. The van der Waals surface area contributed by atoms with E-state index in [4.69, 9.17) is 5.26 Å². The fraction of sp³-hybridized carbons (Fsp3) is 0.118. The van der Waals surface area contributed by atoms with Crippen LogP contribution in [0.2, 0.25) is 0 Å². The Hall–Kier alpha value is -2.73. The van der Waals surface area contributed by atoms with Gasteiger partial charge in [-0.25, -0.2) is 0 Å². The summed E-state index contributed by atoms with van der Waals surface area (Å²) in [5.41, 5.74) is 4.40. The minimum atomic E-state index is 0.193. The van der Waals surface area contributed by atoms with Crippen LogP contribution in [0.3, 0.4) is 0 Å². The number of benzene rings is 2. The maximum Gasteiger partial charge on any atom is 0.124 e. The first-order valence-corrected chi connectivity index (χ1v) is 6.41. The molecular weight excluding hydrogens is 248 g/mol. The molecule has 3 rings (SSSR count). The highest BCUT2D eigenvalue weighted by atomic mass is 16.3. The van der Waals surface area contributed by atoms with E-state index < -0.39 is 0 Å². The van der Waals surface area contributed by atoms with Gasteiger partial charge in [0.05, 0.1) is 17.3 Å². The number of aryl methyl sites for hydroxylation is 2. The predicted octanol–water partition coefficient (Wildman–Crippen LogP) is 3.73. The molecule has 0 radical (unpaired) electrons. The molecule has 3 nitrogen and oxygen atoms in total. The van der Waals surface area contributed by atoms with Crippen LogP contribution in [0.4, 0.5) is 0 Å². The largest absolute Gasteiger partial charge is 0.507 e. The lowest BCUT2D eigenvalue weighted by Gasteiger charge is -2.08. The van der Waals surface area contributed by atoms with E-state index in [9.17, 15) is 5.11 Å². The summed E-state index contributed by atoms with van der Waals surface area (Å²) in [6.45, 7) is 2.04. The minimum absolute atomic E-state index is 0.193. The second kappa shape index (κ2) is 4.43. The van der Waals surface area contributed by atoms with Crippen LogP contribution < -0.4 is 0 Å². The van der Waals surface area contributed by atoms with Crippen molar-refractivity contribution in [2.45, 2.75) is 6.92 Å². The molecule has 0 aliphatic heterocycles. The number of nitrogens with zero attached hydrogens (tertiary/aromatic N) is 2. The molecule has 0 spiro atoms. The normalized spacial score (nSPS) is 10.7. The zero-order valence-electron chi connectivity index (χ0n) is 11.4. The zero-order valence-corrected chi connectivity index (χ0v) is 11.4. The van der Waals surface area contributed by atoms with Gasteiger partial charge in [0.15, 0.2) is 0 Å². The molecule has 1 N–H and O–H groups in total. The molecule has 0 fully saturated rings. The summed E-state index contributed by atoms with van der Waals surface area (Å²) in [5.74, 6) is 0.193. The summed E-state index contributed by atoms with van der Waals surface area (Å²) in [6, 6.07) is 15.2. The Balaban J connectivity index is 2.39. The maximum atomic E-state index is 10.1. The van der Waals surface area contributed by atoms with E-state index in [0.717, 1.165) is 22.2 Å². The summed E-state index contributed by atoms with van der Waals surface area (Å²) < 4.78 is 2.06. The molecule has 0 saturated heterocycles. The van der Waals surface area contributed by atoms with E-state index in [1.165, 1.54) is 0 Å². The fourth-order valence-electron chi connectivity index (χ4n) is 2.76. The van der Waals surface area contributed by atoms with Gasteiger partial charge in [-0.1, -0.05) is 18.2 Å². The topological polar surface area (TPSA) is 48.9 Å². The van der Waals surface area contributed by atoms with Crippen LogP contribution in [0.15, 0.2) is 42.5 Å². The van der Waals surface area contributed by atoms with Crippen molar-refractivity contribution in [1.82, 2.24) is 4.57 Å². The highest BCUT2D eigenvalue weighted by molar-refractivity contribution is 5.92. The molecule has 1 heterocycles. The van der Waals surface area contributed by atoms with Gasteiger partial charge in [0, 0.05) is 23.5 Å². The van der Waals surface area contributed by atoms with Gasteiger partial charge in [0.25, 0.3) is 0 Å². The highest BCUT2D eigenvalue weighted by Gasteiger charge is 2.16. The Kier molecular flexibility index (Phi) is 2.73. The van der Waals surface area contributed by atoms with Gasteiger partial charge >= 0.3 is 0 Å². The Morgan fingerprint density at radius 2 is 1.90 bits per heavy atom. The van der Waals surface area contributed by atoms with Crippen molar-refractivity contribution in [3.8, 4) is 23.1 Å². The number of rotatable bonds is 1. The number of nitriles is 1. The number of aromatic hydroxyl groups is 1. The third-order valence-electron chi connectivity index (χ3n) is 3.74. The monoisotopic (exact) mass is 262 g/mol. The number of fused-ring (bicyclic) bond motifs is 1. The maximum absolute atomic E-state index is 10.1. The van der Waals surface area contributed by atoms with Crippen LogP contribution >= 0.6 is 0 Å². The zero-order chi connectivity index (χ0) is 14.3. The van der Waals surface area contributed by atoms with Gasteiger partial charge in [-0.05, 0) is 36.8 Å². The van der Waals surface area contributed by atoms with Gasteiger partial charge in [0.2, 0.25) is 0 Å². The van der Waals surface area contributed by atoms with Crippen molar-refractivity contribution in [2.75, 3.05) is 0 Å². The van der Waals surface area contributed by atoms with Crippen LogP contribution in [-0.2, 0) is 7.05 Å². The van der Waals surface area contributed by atoms with Crippen molar-refractivity contribution < 1.29 is 5.11 Å². The lowest BCUT2D eigenvalue weighted by Crippen LogP contribution is -1.93. The first-order chi connectivity index (χ1) is 9.63. The molecule has 98 valence electrons. The molecule has 1 aromatic heterocycles. The SMILES string of the molecule is Cc1c(-c2cc(C#N)ccc2O)n(C)c2ccccc12. The Bertz CT molecular complexity index is 814. The van der Waals surface area contributed by atoms with Crippen molar-refractivity contribution in [3.63, 3.8) is 0 Å². The van der Waals surface area contributed by atoms with E-state index in [0.29, 0.717) is 11.1 Å². The Labute approximate surface area is 117 Å². The van der Waals surface area contributed by atoms with Gasteiger partial charge in [-0.15, -0.1) is 0 Å². The molecule has 0 aliphatic carbocycles. The lowest BCUT2D eigenvalue weighted by molar-refractivity contribution is 0.477. The van der Waals surface area contributed by atoms with E-state index in [1.54, 1.807) is 18.2 Å². The molecule has 3 aromatic rings. The quantitative estimate of drug-likeness (QED) is 0.726. The second-order valence-electron chi connectivity index (χ2n) is 4.89. The Morgan fingerprint density at radius 1 is 1.15 bits per heavy atom. The minimum Gasteiger partial charge on any atom is -0.507 e. The fourth-order valence-corrected chi connectivity index (χ4v) is 2.76. The predicted molar refractivity (Wildman–Crippen MR) is 79.5 cm³/mol. The van der Waals surface area contributed by atoms with Gasteiger partial charge in [0.1, 0.15) is 5.75 Å². The first kappa shape index (κ1) is 12.3. The number of phenols is 1. The van der Waals surface area contributed by atoms with Crippen LogP contribution in [0.25, 0.3) is 22.2 Å². The molecule has 0 atom stereocenters. The third-order valence-corrected chi connectivity index (χ3v) is 3.74. The summed E-state index contributed by atoms with van der Waals surface area (Å²) in [4.78, 5) is 0. The van der Waals surface area contributed by atoms with Crippen LogP contribution in [0, 0.1) is 18.3 Å². The van der Waals surface area contributed by atoms with E-state index in [2.05, 4.69) is 22.8 Å². The summed E-state index contributed by atoms with van der Waals surface area (Å²) in [5, 5.41) is 20.3. The van der Waals surface area contributed by atoms with E-state index >= 15 is 0 Å². The number of hydrogen-bond acceptors (Lipinski definition) is 2. The summed E-state index contributed by atoms with van der Waals surface area (Å²) in [6.07, 6.45) is 0. The van der Waals surface area contributed by atoms with E-state index in [-0.39, 0.29) is 5.75 Å². The summed E-state index contributed by atoms with van der Waals surface area (Å²) in [7, 11) is 1.98. The lowest BCUT2D eigenvalue weighted by atomic mass is 10.0. The third kappa shape index (κ3) is 1.66. The van der Waals surface area contributed by atoms with Crippen molar-refractivity contribution in [2.24, 2.45) is 7.05 Å². The molecule has 2 aromatic carbocycles. The molecular formula is C17H14N2O. The smallest absolute Gasteiger partial charge is 0.124 e. The van der Waals surface area contributed by atoms with Crippen LogP contribution in [0.1, 0.15) is 11.1 Å². The molecule has 20 heavy (non-hydrogen) atoms. The molecule has 0 saturated carbocycles. The average Bonchev–Trinajstić information content (AvgIpc) is 2.72. The van der Waals surface area contributed by atoms with E-state index in [1.807, 2.05) is 26.1 Å². The highest BCUT2D eigenvalue weighted by Crippen LogP contribution is 2.37. The second-order valence-corrected chi connectivity index (χ2v) is 4.89. The van der Waals surface area contributed by atoms with Gasteiger partial charge < -0.3 is 9.67 Å². The summed E-state index contributed by atoms with van der Waals surface area (Å²) >= 11 is 0. The van der Waals surface area contributed by atoms with Gasteiger partial charge in [-0.3, -0.25) is 0 Å². The first-order valence-electron chi connectivity index (χ1n) is 6.41. The van der Waals surface area contributed by atoms with Gasteiger partial charge in [-0.2, -0.15) is 5.26 Å². The molecule has 3 heteroatoms. The molecule has 0 unspecified atom stereocenters. The molecule has 0 amide bonds. The van der Waals surface area contributed by atoms with Crippen molar-refractivity contribution in [3.05, 3.63) is 53.6 Å². The number of phenolic OH excluding ortho intramolecular Hbond substituents is 1. The standard InChI is InChI=1S/C17H14N2O/c1-11-13-5-3-4-6-15(13)19(2)17(11)14-9-12(10-18)7-8-16(14)20/h3-9,20H,1-2H3. The van der Waals surface area contributed by atoms with Crippen LogP contribution in [0.5, 0.6) is 5.75 Å². The average molecular weight is 262 g/mol. The number of aromatic nitrogens is 1. The number of hydrogen-bond donors (Lipinski definition) is 1. The van der Waals surface area contributed by atoms with Crippen molar-refractivity contribution in [1.29, 1.82) is 5.26 Å². The van der Waals surface area contributed by atoms with Crippen molar-refractivity contribution >= 4 is 10.9 Å². The Morgan fingerprint density at radius 3 is 2.60 bits per heavy atom. The molecule has 0 aliphatic rings. The van der Waals surface area contributed by atoms with Crippen LogP contribution in [-0.4, -0.2) is 9.67 Å². The number of para-hydroxylation sites is 1.